The van der Waals surface area contributed by atoms with Gasteiger partial charge in [-0.2, -0.15) is 0 Å². The van der Waals surface area contributed by atoms with Crippen LogP contribution in [0.15, 0.2) is 16.5 Å². The van der Waals surface area contributed by atoms with Crippen LogP contribution in [0.4, 0.5) is 0 Å². The minimum absolute atomic E-state index is 0.0642. The van der Waals surface area contributed by atoms with Gasteiger partial charge in [-0.3, -0.25) is 0 Å². The molecule has 0 radical (unpaired) electrons. The lowest BCUT2D eigenvalue weighted by molar-refractivity contribution is -0.0743. The number of likely N-dealkylation sites (N-methyl/N-ethyl adjacent to an activating group) is 1. The van der Waals surface area contributed by atoms with Crippen LogP contribution in [-0.2, 0) is 9.47 Å². The standard InChI is InChI=1S/C13H23N5O3/c1-7-4-8(5-20-3)21-12(7)18-6-17(2)9-10(18)15-13(14)16-11(9)19/h7-8,11-12,19H,4-6H2,1-3H3,(H3,14,15,16)/t7?,8-,11?,12+/m0/s1. The molecule has 1 saturated heterocycles. The summed E-state index contributed by atoms with van der Waals surface area (Å²) in [4.78, 5) is 8.01. The van der Waals surface area contributed by atoms with Crippen LogP contribution in [0.3, 0.4) is 0 Å². The number of nitrogens with one attached hydrogen (secondary N) is 1. The molecular formula is C13H23N5O3. The third kappa shape index (κ3) is 2.43. The van der Waals surface area contributed by atoms with Crippen molar-refractivity contribution in [3.63, 3.8) is 0 Å². The van der Waals surface area contributed by atoms with Gasteiger partial charge in [-0.05, 0) is 6.42 Å². The maximum atomic E-state index is 10.1. The number of rotatable bonds is 3. The summed E-state index contributed by atoms with van der Waals surface area (Å²) in [6.07, 6.45) is 0.0610. The average Bonchev–Trinajstić information content (AvgIpc) is 2.91. The van der Waals surface area contributed by atoms with Crippen LogP contribution in [0.1, 0.15) is 13.3 Å². The Kier molecular flexibility index (Phi) is 3.68. The van der Waals surface area contributed by atoms with E-state index in [9.17, 15) is 5.11 Å². The molecule has 0 spiro atoms. The average molecular weight is 297 g/mol. The number of aliphatic hydroxyl groups is 1. The summed E-state index contributed by atoms with van der Waals surface area (Å²) in [5, 5.41) is 13.1. The van der Waals surface area contributed by atoms with E-state index in [0.717, 1.165) is 17.9 Å². The zero-order valence-corrected chi connectivity index (χ0v) is 12.6. The molecule has 8 heteroatoms. The quantitative estimate of drug-likeness (QED) is 0.614. The Balaban J connectivity index is 1.81. The molecule has 0 aromatic rings. The molecule has 3 heterocycles. The number of guanidine groups is 1. The van der Waals surface area contributed by atoms with Crippen LogP contribution < -0.4 is 11.1 Å². The van der Waals surface area contributed by atoms with Gasteiger partial charge in [0.05, 0.1) is 19.4 Å². The zero-order chi connectivity index (χ0) is 15.1. The smallest absolute Gasteiger partial charge is 0.197 e. The molecule has 0 amide bonds. The maximum absolute atomic E-state index is 10.1. The molecule has 118 valence electrons. The van der Waals surface area contributed by atoms with Gasteiger partial charge in [0, 0.05) is 20.1 Å². The maximum Gasteiger partial charge on any atom is 0.197 e. The predicted molar refractivity (Wildman–Crippen MR) is 76.6 cm³/mol. The van der Waals surface area contributed by atoms with E-state index in [0.29, 0.717) is 19.2 Å². The lowest BCUT2D eigenvalue weighted by atomic mass is 10.1. The molecule has 3 aliphatic rings. The van der Waals surface area contributed by atoms with E-state index in [1.54, 1.807) is 7.11 Å². The Morgan fingerprint density at radius 1 is 1.57 bits per heavy atom. The number of aliphatic hydroxyl groups excluding tert-OH is 1. The second-order valence-corrected chi connectivity index (χ2v) is 5.87. The van der Waals surface area contributed by atoms with Crippen LogP contribution in [0.5, 0.6) is 0 Å². The minimum atomic E-state index is -0.928. The van der Waals surface area contributed by atoms with E-state index >= 15 is 0 Å². The molecule has 2 unspecified atom stereocenters. The molecule has 4 atom stereocenters. The Bertz CT molecular complexity index is 480. The van der Waals surface area contributed by atoms with Gasteiger partial charge in [0.15, 0.2) is 12.2 Å². The predicted octanol–water partition coefficient (Wildman–Crippen LogP) is -1.01. The lowest BCUT2D eigenvalue weighted by Crippen LogP contribution is -2.46. The molecule has 0 bridgehead atoms. The van der Waals surface area contributed by atoms with Crippen LogP contribution in [0.2, 0.25) is 0 Å². The molecule has 4 N–H and O–H groups in total. The molecule has 0 aromatic heterocycles. The number of ether oxygens (including phenoxy) is 2. The highest BCUT2D eigenvalue weighted by Crippen LogP contribution is 2.35. The molecule has 21 heavy (non-hydrogen) atoms. The Hall–Kier alpha value is -1.51. The van der Waals surface area contributed by atoms with Crippen molar-refractivity contribution in [3.8, 4) is 0 Å². The van der Waals surface area contributed by atoms with Gasteiger partial charge >= 0.3 is 0 Å². The molecular weight excluding hydrogens is 274 g/mol. The number of methoxy groups -OCH3 is 1. The lowest BCUT2D eigenvalue weighted by Gasteiger charge is -2.31. The van der Waals surface area contributed by atoms with E-state index in [1.807, 2.05) is 11.9 Å². The van der Waals surface area contributed by atoms with Crippen LogP contribution in [0, 0.1) is 5.92 Å². The highest BCUT2D eigenvalue weighted by molar-refractivity contribution is 5.81. The van der Waals surface area contributed by atoms with Crippen molar-refractivity contribution in [2.75, 3.05) is 27.4 Å². The molecule has 3 rings (SSSR count). The van der Waals surface area contributed by atoms with E-state index in [4.69, 9.17) is 15.2 Å². The molecule has 0 aromatic carbocycles. The first-order valence-electron chi connectivity index (χ1n) is 7.16. The molecule has 1 fully saturated rings. The summed E-state index contributed by atoms with van der Waals surface area (Å²) in [6, 6.07) is 0. The van der Waals surface area contributed by atoms with Crippen molar-refractivity contribution in [1.29, 1.82) is 0 Å². The van der Waals surface area contributed by atoms with E-state index in [-0.39, 0.29) is 18.3 Å². The molecule has 8 nitrogen and oxygen atoms in total. The summed E-state index contributed by atoms with van der Waals surface area (Å²) in [5.74, 6) is 1.37. The molecule has 3 aliphatic heterocycles. The fourth-order valence-electron chi connectivity index (χ4n) is 3.30. The van der Waals surface area contributed by atoms with Gasteiger partial charge in [0.25, 0.3) is 0 Å². The first-order valence-corrected chi connectivity index (χ1v) is 7.16. The number of hydrogen-bond acceptors (Lipinski definition) is 8. The summed E-state index contributed by atoms with van der Waals surface area (Å²) >= 11 is 0. The summed E-state index contributed by atoms with van der Waals surface area (Å²) in [6.45, 7) is 3.39. The third-order valence-corrected chi connectivity index (χ3v) is 4.17. The van der Waals surface area contributed by atoms with Gasteiger partial charge in [-0.15, -0.1) is 0 Å². The molecule has 0 aliphatic carbocycles. The normalized spacial score (nSPS) is 35.9. The zero-order valence-electron chi connectivity index (χ0n) is 12.6. The second kappa shape index (κ2) is 5.36. The van der Waals surface area contributed by atoms with E-state index in [2.05, 4.69) is 22.1 Å². The monoisotopic (exact) mass is 297 g/mol. The van der Waals surface area contributed by atoms with Gasteiger partial charge in [-0.25, -0.2) is 4.99 Å². The van der Waals surface area contributed by atoms with Crippen molar-refractivity contribution in [2.45, 2.75) is 31.9 Å². The van der Waals surface area contributed by atoms with Gasteiger partial charge in [0.1, 0.15) is 17.7 Å². The second-order valence-electron chi connectivity index (χ2n) is 5.87. The fourth-order valence-corrected chi connectivity index (χ4v) is 3.30. The van der Waals surface area contributed by atoms with Crippen molar-refractivity contribution in [1.82, 2.24) is 15.1 Å². The Morgan fingerprint density at radius 3 is 3.05 bits per heavy atom. The number of nitrogens with zero attached hydrogens (tertiary/aromatic N) is 3. The Morgan fingerprint density at radius 2 is 2.33 bits per heavy atom. The summed E-state index contributed by atoms with van der Waals surface area (Å²) < 4.78 is 11.3. The number of aliphatic imine (C=N–C) groups is 1. The van der Waals surface area contributed by atoms with Crippen molar-refractivity contribution >= 4 is 5.96 Å². The van der Waals surface area contributed by atoms with Crippen LogP contribution in [0.25, 0.3) is 0 Å². The topological polar surface area (TPSA) is 95.6 Å². The van der Waals surface area contributed by atoms with Gasteiger partial charge < -0.3 is 35.4 Å². The van der Waals surface area contributed by atoms with Crippen molar-refractivity contribution < 1.29 is 14.6 Å². The van der Waals surface area contributed by atoms with Crippen molar-refractivity contribution in [2.24, 2.45) is 16.6 Å². The SMILES string of the molecule is COC[C@@H]1CC(C)[C@H](N2CN(C)C3=C2NC(N)=NC3O)O1. The fraction of sp³-hybridized carbons (Fsp3) is 0.769. The number of hydrogen-bond donors (Lipinski definition) is 3. The van der Waals surface area contributed by atoms with Crippen LogP contribution >= 0.6 is 0 Å². The van der Waals surface area contributed by atoms with Crippen LogP contribution in [-0.4, -0.2) is 66.9 Å². The summed E-state index contributed by atoms with van der Waals surface area (Å²) in [5.41, 5.74) is 6.47. The highest BCUT2D eigenvalue weighted by Gasteiger charge is 2.43. The van der Waals surface area contributed by atoms with Crippen molar-refractivity contribution in [3.05, 3.63) is 11.5 Å². The van der Waals surface area contributed by atoms with Gasteiger partial charge in [-0.1, -0.05) is 6.92 Å². The highest BCUT2D eigenvalue weighted by atomic mass is 16.5. The summed E-state index contributed by atoms with van der Waals surface area (Å²) in [7, 11) is 3.60. The largest absolute Gasteiger partial charge is 0.382 e. The van der Waals surface area contributed by atoms with E-state index in [1.165, 1.54) is 0 Å². The first kappa shape index (κ1) is 14.4. The minimum Gasteiger partial charge on any atom is -0.382 e. The molecule has 0 saturated carbocycles. The number of nitrogens with two attached hydrogens (primary N) is 1. The Labute approximate surface area is 124 Å². The third-order valence-electron chi connectivity index (χ3n) is 4.17. The van der Waals surface area contributed by atoms with E-state index < -0.39 is 6.23 Å². The van der Waals surface area contributed by atoms with Gasteiger partial charge in [0.2, 0.25) is 0 Å². The first-order chi connectivity index (χ1) is 10.0.